The van der Waals surface area contributed by atoms with Gasteiger partial charge in [-0.2, -0.15) is 17.0 Å². The Bertz CT molecular complexity index is 574. The normalized spacial score (nSPS) is 18.3. The molecule has 21 heavy (non-hydrogen) atoms. The van der Waals surface area contributed by atoms with Gasteiger partial charge in [-0.15, -0.1) is 11.6 Å². The Labute approximate surface area is 140 Å². The van der Waals surface area contributed by atoms with Crippen LogP contribution in [0.5, 0.6) is 0 Å². The van der Waals surface area contributed by atoms with Crippen LogP contribution in [0.4, 0.5) is 0 Å². The van der Waals surface area contributed by atoms with Crippen LogP contribution in [0.15, 0.2) is 28.7 Å². The first-order valence-corrected chi connectivity index (χ1v) is 9.68. The summed E-state index contributed by atoms with van der Waals surface area (Å²) in [5.74, 6) is 1.05. The Morgan fingerprint density at radius 1 is 1.33 bits per heavy atom. The first-order chi connectivity index (χ1) is 9.95. The van der Waals surface area contributed by atoms with Crippen molar-refractivity contribution in [1.82, 2.24) is 8.61 Å². The molecule has 1 heterocycles. The number of halogens is 2. The van der Waals surface area contributed by atoms with Gasteiger partial charge in [0.1, 0.15) is 0 Å². The molecule has 118 valence electrons. The zero-order valence-corrected chi connectivity index (χ0v) is 15.2. The number of benzene rings is 1. The zero-order valence-electron chi connectivity index (χ0n) is 12.0. The lowest BCUT2D eigenvalue weighted by Crippen LogP contribution is -2.45. The molecule has 2 rings (SSSR count). The molecular weight excluding hydrogens is 376 g/mol. The van der Waals surface area contributed by atoms with Crippen LogP contribution >= 0.6 is 27.5 Å². The van der Waals surface area contributed by atoms with Crippen molar-refractivity contribution >= 4 is 37.7 Å². The van der Waals surface area contributed by atoms with E-state index in [9.17, 15) is 8.42 Å². The molecule has 0 saturated carbocycles. The summed E-state index contributed by atoms with van der Waals surface area (Å²) in [5.41, 5.74) is 0.958. The minimum absolute atomic E-state index is 0.360. The molecule has 0 amide bonds. The second-order valence-electron chi connectivity index (χ2n) is 5.35. The van der Waals surface area contributed by atoms with Crippen LogP contribution in [0.25, 0.3) is 0 Å². The smallest absolute Gasteiger partial charge is 0.195 e. The monoisotopic (exact) mass is 394 g/mol. The van der Waals surface area contributed by atoms with E-state index >= 15 is 0 Å². The summed E-state index contributed by atoms with van der Waals surface area (Å²) in [6, 6.07) is 7.67. The first-order valence-electron chi connectivity index (χ1n) is 6.96. The highest BCUT2D eigenvalue weighted by atomic mass is 79.9. The number of hydrogen-bond donors (Lipinski definition) is 0. The van der Waals surface area contributed by atoms with E-state index in [0.29, 0.717) is 31.4 Å². The van der Waals surface area contributed by atoms with E-state index in [1.165, 1.54) is 4.31 Å². The van der Waals surface area contributed by atoms with E-state index in [1.807, 2.05) is 24.3 Å². The third-order valence-electron chi connectivity index (χ3n) is 3.86. The first kappa shape index (κ1) is 17.2. The summed E-state index contributed by atoms with van der Waals surface area (Å²) >= 11 is 9.30. The van der Waals surface area contributed by atoms with Crippen LogP contribution in [0, 0.1) is 5.92 Å². The third kappa shape index (κ3) is 4.20. The van der Waals surface area contributed by atoms with Crippen molar-refractivity contribution in [2.75, 3.05) is 26.0 Å². The van der Waals surface area contributed by atoms with E-state index in [0.717, 1.165) is 22.9 Å². The molecule has 0 unspecified atom stereocenters. The van der Waals surface area contributed by atoms with E-state index < -0.39 is 10.2 Å². The molecule has 1 fully saturated rings. The Hall–Kier alpha value is -0.140. The highest BCUT2D eigenvalue weighted by Crippen LogP contribution is 2.24. The number of rotatable bonds is 5. The molecular formula is C14H20BrClN2O2S. The lowest BCUT2D eigenvalue weighted by molar-refractivity contribution is 0.271. The van der Waals surface area contributed by atoms with Gasteiger partial charge in [-0.1, -0.05) is 34.1 Å². The summed E-state index contributed by atoms with van der Waals surface area (Å²) in [7, 11) is -1.78. The molecule has 0 aliphatic carbocycles. The molecule has 4 nitrogen and oxygen atoms in total. The summed E-state index contributed by atoms with van der Waals surface area (Å²) in [5, 5.41) is 0. The lowest BCUT2D eigenvalue weighted by Gasteiger charge is -2.33. The van der Waals surface area contributed by atoms with Crippen LogP contribution in [0.2, 0.25) is 0 Å². The van der Waals surface area contributed by atoms with Gasteiger partial charge < -0.3 is 0 Å². The molecule has 0 N–H and O–H groups in total. The van der Waals surface area contributed by atoms with Crippen molar-refractivity contribution in [3.05, 3.63) is 34.3 Å². The van der Waals surface area contributed by atoms with Crippen LogP contribution in [-0.4, -0.2) is 43.0 Å². The third-order valence-corrected chi connectivity index (χ3v) is 7.01. The number of alkyl halides is 1. The van der Waals surface area contributed by atoms with Gasteiger partial charge in [-0.05, 0) is 30.4 Å². The predicted octanol–water partition coefficient (Wildman–Crippen LogP) is 3.08. The molecule has 1 aliphatic rings. The molecule has 1 aromatic rings. The average molecular weight is 396 g/mol. The SMILES string of the molecule is CN(Cc1ccccc1Br)S(=O)(=O)N1CCC(CCl)CC1. The topological polar surface area (TPSA) is 40.6 Å². The summed E-state index contributed by atoms with van der Waals surface area (Å²) in [6.45, 7) is 1.47. The Kier molecular flexibility index (Phi) is 6.08. The van der Waals surface area contributed by atoms with E-state index in [2.05, 4.69) is 15.9 Å². The molecule has 1 saturated heterocycles. The fourth-order valence-electron chi connectivity index (χ4n) is 2.44. The Morgan fingerprint density at radius 2 is 1.95 bits per heavy atom. The standard InChI is InChI=1S/C14H20BrClN2O2S/c1-17(11-13-4-2-3-5-14(13)15)21(19,20)18-8-6-12(10-16)7-9-18/h2-5,12H,6-11H2,1H3. The van der Waals surface area contributed by atoms with Crippen molar-refractivity contribution in [1.29, 1.82) is 0 Å². The lowest BCUT2D eigenvalue weighted by atomic mass is 10.0. The van der Waals surface area contributed by atoms with Crippen LogP contribution in [0.1, 0.15) is 18.4 Å². The van der Waals surface area contributed by atoms with Crippen LogP contribution < -0.4 is 0 Å². The fraction of sp³-hybridized carbons (Fsp3) is 0.571. The zero-order chi connectivity index (χ0) is 15.5. The second-order valence-corrected chi connectivity index (χ2v) is 8.55. The number of hydrogen-bond acceptors (Lipinski definition) is 2. The van der Waals surface area contributed by atoms with Gasteiger partial charge in [0.15, 0.2) is 0 Å². The van der Waals surface area contributed by atoms with E-state index in [1.54, 1.807) is 11.4 Å². The van der Waals surface area contributed by atoms with Crippen LogP contribution in [-0.2, 0) is 16.8 Å². The van der Waals surface area contributed by atoms with Gasteiger partial charge in [0, 0.05) is 37.0 Å². The average Bonchev–Trinajstić information content (AvgIpc) is 2.49. The van der Waals surface area contributed by atoms with Crippen LogP contribution in [0.3, 0.4) is 0 Å². The summed E-state index contributed by atoms with van der Waals surface area (Å²) in [6.07, 6.45) is 1.68. The number of piperidine rings is 1. The maximum Gasteiger partial charge on any atom is 0.282 e. The maximum atomic E-state index is 12.6. The molecule has 0 atom stereocenters. The van der Waals surface area contributed by atoms with Gasteiger partial charge in [0.05, 0.1) is 0 Å². The highest BCUT2D eigenvalue weighted by molar-refractivity contribution is 9.10. The number of nitrogens with zero attached hydrogens (tertiary/aromatic N) is 2. The quantitative estimate of drug-likeness (QED) is 0.719. The van der Waals surface area contributed by atoms with Gasteiger partial charge >= 0.3 is 0 Å². The summed E-state index contributed by atoms with van der Waals surface area (Å²) in [4.78, 5) is 0. The van der Waals surface area contributed by atoms with Crippen molar-refractivity contribution in [2.45, 2.75) is 19.4 Å². The van der Waals surface area contributed by atoms with Crippen molar-refractivity contribution in [3.63, 3.8) is 0 Å². The van der Waals surface area contributed by atoms with Gasteiger partial charge in [0.25, 0.3) is 10.2 Å². The minimum atomic E-state index is -3.41. The van der Waals surface area contributed by atoms with Crippen molar-refractivity contribution < 1.29 is 8.42 Å². The molecule has 0 aromatic heterocycles. The largest absolute Gasteiger partial charge is 0.282 e. The van der Waals surface area contributed by atoms with Crippen molar-refractivity contribution in [2.24, 2.45) is 5.92 Å². The van der Waals surface area contributed by atoms with Gasteiger partial charge in [-0.3, -0.25) is 0 Å². The Morgan fingerprint density at radius 3 is 2.52 bits per heavy atom. The Balaban J connectivity index is 2.04. The second kappa shape index (κ2) is 7.42. The molecule has 0 spiro atoms. The van der Waals surface area contributed by atoms with E-state index in [-0.39, 0.29) is 0 Å². The predicted molar refractivity (Wildman–Crippen MR) is 89.5 cm³/mol. The molecule has 7 heteroatoms. The summed E-state index contributed by atoms with van der Waals surface area (Å²) < 4.78 is 29.1. The fourth-order valence-corrected chi connectivity index (χ4v) is 4.53. The molecule has 1 aliphatic heterocycles. The van der Waals surface area contributed by atoms with E-state index in [4.69, 9.17) is 11.6 Å². The maximum absolute atomic E-state index is 12.6. The minimum Gasteiger partial charge on any atom is -0.195 e. The molecule has 1 aromatic carbocycles. The highest BCUT2D eigenvalue weighted by Gasteiger charge is 2.30. The van der Waals surface area contributed by atoms with Crippen molar-refractivity contribution in [3.8, 4) is 0 Å². The van der Waals surface area contributed by atoms with Gasteiger partial charge in [0.2, 0.25) is 0 Å². The van der Waals surface area contributed by atoms with Gasteiger partial charge in [-0.25, -0.2) is 0 Å². The molecule has 0 radical (unpaired) electrons. The molecule has 0 bridgehead atoms.